The van der Waals surface area contributed by atoms with E-state index in [1.54, 1.807) is 0 Å². The summed E-state index contributed by atoms with van der Waals surface area (Å²) in [4.78, 5) is 20.3. The van der Waals surface area contributed by atoms with Crippen molar-refractivity contribution in [3.8, 4) is 11.5 Å². The van der Waals surface area contributed by atoms with Gasteiger partial charge in [0.15, 0.2) is 11.5 Å². The first-order valence-corrected chi connectivity index (χ1v) is 12.4. The van der Waals surface area contributed by atoms with Crippen molar-refractivity contribution in [3.63, 3.8) is 0 Å². The number of benzene rings is 2. The normalized spacial score (nSPS) is 22.7. The summed E-state index contributed by atoms with van der Waals surface area (Å²) in [7, 11) is 0. The van der Waals surface area contributed by atoms with E-state index in [0.29, 0.717) is 13.2 Å². The first-order valence-electron chi connectivity index (χ1n) is 12.4. The third-order valence-corrected chi connectivity index (χ3v) is 7.24. The summed E-state index contributed by atoms with van der Waals surface area (Å²) in [5, 5.41) is 0. The average molecular weight is 450 g/mol. The maximum absolute atomic E-state index is 13.4. The standard InChI is InChI=1S/C27H35N3O3/c1-21(27(31)29-15-13-28(14-16-29)20-22-7-3-2-4-8-22)30-12-5-9-24(30)23-10-11-25-26(19-23)33-18-6-17-32-25/h2-4,7-8,10-11,19,21,24H,5-6,9,12-18,20H2,1H3/t21-,24+/m0/s1. The molecule has 176 valence electrons. The highest BCUT2D eigenvalue weighted by Crippen LogP contribution is 2.39. The Morgan fingerprint density at radius 3 is 2.48 bits per heavy atom. The number of carbonyl (C=O) groups excluding carboxylic acids is 1. The van der Waals surface area contributed by atoms with E-state index in [9.17, 15) is 4.79 Å². The molecule has 5 rings (SSSR count). The summed E-state index contributed by atoms with van der Waals surface area (Å²) in [6.45, 7) is 8.85. The molecular formula is C27H35N3O3. The molecule has 0 N–H and O–H groups in total. The molecule has 3 aliphatic rings. The van der Waals surface area contributed by atoms with Gasteiger partial charge >= 0.3 is 0 Å². The van der Waals surface area contributed by atoms with Gasteiger partial charge in [-0.15, -0.1) is 0 Å². The zero-order valence-electron chi connectivity index (χ0n) is 19.6. The number of rotatable bonds is 5. The van der Waals surface area contributed by atoms with E-state index in [-0.39, 0.29) is 18.0 Å². The molecule has 33 heavy (non-hydrogen) atoms. The Kier molecular flexibility index (Phi) is 6.83. The first kappa shape index (κ1) is 22.2. The molecule has 0 aliphatic carbocycles. The van der Waals surface area contributed by atoms with Crippen molar-refractivity contribution in [1.29, 1.82) is 0 Å². The summed E-state index contributed by atoms with van der Waals surface area (Å²) in [5.41, 5.74) is 2.56. The van der Waals surface area contributed by atoms with E-state index in [1.165, 1.54) is 11.1 Å². The zero-order chi connectivity index (χ0) is 22.6. The van der Waals surface area contributed by atoms with Crippen LogP contribution in [0.25, 0.3) is 0 Å². The lowest BCUT2D eigenvalue weighted by atomic mass is 10.0. The number of amides is 1. The van der Waals surface area contributed by atoms with Crippen molar-refractivity contribution in [2.24, 2.45) is 0 Å². The summed E-state index contributed by atoms with van der Waals surface area (Å²) in [6, 6.07) is 17.0. The molecule has 0 bridgehead atoms. The number of likely N-dealkylation sites (tertiary alicyclic amines) is 1. The van der Waals surface area contributed by atoms with Crippen LogP contribution < -0.4 is 9.47 Å². The van der Waals surface area contributed by atoms with Gasteiger partial charge in [0.25, 0.3) is 0 Å². The molecule has 2 aromatic carbocycles. The monoisotopic (exact) mass is 449 g/mol. The SMILES string of the molecule is C[C@@H](C(=O)N1CCN(Cc2ccccc2)CC1)N1CCC[C@@H]1c1ccc2c(c1)OCCCO2. The number of ether oxygens (including phenoxy) is 2. The van der Waals surface area contributed by atoms with Crippen molar-refractivity contribution in [2.45, 2.75) is 44.8 Å². The minimum absolute atomic E-state index is 0.117. The smallest absolute Gasteiger partial charge is 0.239 e. The highest BCUT2D eigenvalue weighted by molar-refractivity contribution is 5.81. The number of nitrogens with zero attached hydrogens (tertiary/aromatic N) is 3. The van der Waals surface area contributed by atoms with Gasteiger partial charge in [0.1, 0.15) is 0 Å². The topological polar surface area (TPSA) is 45.3 Å². The molecule has 3 aliphatic heterocycles. The van der Waals surface area contributed by atoms with Crippen LogP contribution in [-0.4, -0.2) is 72.6 Å². The van der Waals surface area contributed by atoms with Gasteiger partial charge in [-0.3, -0.25) is 14.6 Å². The minimum Gasteiger partial charge on any atom is -0.490 e. The van der Waals surface area contributed by atoms with Gasteiger partial charge in [-0.05, 0) is 49.6 Å². The molecule has 0 unspecified atom stereocenters. The largest absolute Gasteiger partial charge is 0.490 e. The highest BCUT2D eigenvalue weighted by atomic mass is 16.5. The molecule has 0 spiro atoms. The van der Waals surface area contributed by atoms with E-state index < -0.39 is 0 Å². The number of carbonyl (C=O) groups is 1. The molecule has 2 saturated heterocycles. The third kappa shape index (κ3) is 5.02. The van der Waals surface area contributed by atoms with Crippen LogP contribution in [0.5, 0.6) is 11.5 Å². The van der Waals surface area contributed by atoms with Crippen LogP contribution in [0.4, 0.5) is 0 Å². The van der Waals surface area contributed by atoms with Gasteiger partial charge in [-0.1, -0.05) is 36.4 Å². The predicted molar refractivity (Wildman–Crippen MR) is 128 cm³/mol. The second kappa shape index (κ2) is 10.1. The van der Waals surface area contributed by atoms with E-state index in [4.69, 9.17) is 9.47 Å². The molecule has 2 fully saturated rings. The molecular weight excluding hydrogens is 414 g/mol. The predicted octanol–water partition coefficient (Wildman–Crippen LogP) is 3.72. The van der Waals surface area contributed by atoms with E-state index >= 15 is 0 Å². The van der Waals surface area contributed by atoms with Gasteiger partial charge in [0, 0.05) is 45.2 Å². The quantitative estimate of drug-likeness (QED) is 0.696. The molecule has 0 saturated carbocycles. The van der Waals surface area contributed by atoms with Crippen molar-refractivity contribution >= 4 is 5.91 Å². The van der Waals surface area contributed by atoms with Crippen LogP contribution in [0.3, 0.4) is 0 Å². The first-order chi connectivity index (χ1) is 16.2. The Bertz CT molecular complexity index is 943. The number of piperazine rings is 1. The maximum atomic E-state index is 13.4. The second-order valence-corrected chi connectivity index (χ2v) is 9.42. The van der Waals surface area contributed by atoms with E-state index in [0.717, 1.165) is 70.0 Å². The van der Waals surface area contributed by atoms with Gasteiger partial charge in [-0.2, -0.15) is 0 Å². The molecule has 6 heteroatoms. The Morgan fingerprint density at radius 1 is 0.939 bits per heavy atom. The Hall–Kier alpha value is -2.57. The molecule has 6 nitrogen and oxygen atoms in total. The van der Waals surface area contributed by atoms with Gasteiger partial charge < -0.3 is 14.4 Å². The van der Waals surface area contributed by atoms with Crippen LogP contribution in [0, 0.1) is 0 Å². The molecule has 3 heterocycles. The molecule has 1 amide bonds. The van der Waals surface area contributed by atoms with Crippen molar-refractivity contribution in [1.82, 2.24) is 14.7 Å². The second-order valence-electron chi connectivity index (χ2n) is 9.42. The van der Waals surface area contributed by atoms with Gasteiger partial charge in [0.05, 0.1) is 19.3 Å². The Balaban J connectivity index is 1.20. The number of hydrogen-bond acceptors (Lipinski definition) is 5. The van der Waals surface area contributed by atoms with Crippen LogP contribution in [0.1, 0.15) is 43.4 Å². The Labute approximate surface area is 197 Å². The fraction of sp³-hybridized carbons (Fsp3) is 0.519. The zero-order valence-corrected chi connectivity index (χ0v) is 19.6. The molecule has 0 aromatic heterocycles. The lowest BCUT2D eigenvalue weighted by Crippen LogP contribution is -2.53. The minimum atomic E-state index is -0.117. The fourth-order valence-corrected chi connectivity index (χ4v) is 5.37. The maximum Gasteiger partial charge on any atom is 0.239 e. The number of fused-ring (bicyclic) bond motifs is 1. The summed E-state index contributed by atoms with van der Waals surface area (Å²) in [5.74, 6) is 1.93. The third-order valence-electron chi connectivity index (χ3n) is 7.24. The number of hydrogen-bond donors (Lipinski definition) is 0. The van der Waals surface area contributed by atoms with Crippen molar-refractivity contribution in [2.75, 3.05) is 45.9 Å². The molecule has 2 atom stereocenters. The summed E-state index contributed by atoms with van der Waals surface area (Å²) >= 11 is 0. The van der Waals surface area contributed by atoms with Crippen LogP contribution in [0.15, 0.2) is 48.5 Å². The van der Waals surface area contributed by atoms with Crippen LogP contribution in [-0.2, 0) is 11.3 Å². The van der Waals surface area contributed by atoms with Gasteiger partial charge in [-0.25, -0.2) is 0 Å². The lowest BCUT2D eigenvalue weighted by Gasteiger charge is -2.38. The van der Waals surface area contributed by atoms with Gasteiger partial charge in [0.2, 0.25) is 5.91 Å². The Morgan fingerprint density at radius 2 is 1.70 bits per heavy atom. The van der Waals surface area contributed by atoms with Crippen molar-refractivity contribution in [3.05, 3.63) is 59.7 Å². The van der Waals surface area contributed by atoms with E-state index in [2.05, 4.69) is 64.1 Å². The summed E-state index contributed by atoms with van der Waals surface area (Å²) in [6.07, 6.45) is 3.09. The van der Waals surface area contributed by atoms with E-state index in [1.807, 2.05) is 6.07 Å². The fourth-order valence-electron chi connectivity index (χ4n) is 5.37. The average Bonchev–Trinajstić information content (AvgIpc) is 3.23. The molecule has 2 aromatic rings. The van der Waals surface area contributed by atoms with Crippen molar-refractivity contribution < 1.29 is 14.3 Å². The van der Waals surface area contributed by atoms with Crippen LogP contribution >= 0.6 is 0 Å². The highest BCUT2D eigenvalue weighted by Gasteiger charge is 2.36. The van der Waals surface area contributed by atoms with Crippen LogP contribution in [0.2, 0.25) is 0 Å². The summed E-state index contributed by atoms with van der Waals surface area (Å²) < 4.78 is 11.7. The molecule has 0 radical (unpaired) electrons. The lowest BCUT2D eigenvalue weighted by molar-refractivity contribution is -0.138.